The number of fused-ring (bicyclic) bond motifs is 1. The van der Waals surface area contributed by atoms with Gasteiger partial charge in [-0.1, -0.05) is 6.07 Å². The van der Waals surface area contributed by atoms with Gasteiger partial charge in [0, 0.05) is 12.6 Å². The minimum Gasteiger partial charge on any atom is -0.307 e. The standard InChI is InChI=1S/C12H13F4NO2S/c13-5-10-3-8-1-2-11(4-9(8)6-17-10)20(18,19)7-12(14,15)16/h1-2,4,10,17H,3,5-7H2. The topological polar surface area (TPSA) is 46.2 Å². The molecule has 1 aliphatic rings. The lowest BCUT2D eigenvalue weighted by atomic mass is 9.96. The fraction of sp³-hybridized carbons (Fsp3) is 0.500. The monoisotopic (exact) mass is 311 g/mol. The summed E-state index contributed by atoms with van der Waals surface area (Å²) in [5.74, 6) is -1.88. The second-order valence-electron chi connectivity index (χ2n) is 4.74. The summed E-state index contributed by atoms with van der Waals surface area (Å²) in [5.41, 5.74) is 1.36. The number of hydrogen-bond acceptors (Lipinski definition) is 3. The molecule has 1 aromatic rings. The summed E-state index contributed by atoms with van der Waals surface area (Å²) in [6, 6.07) is 3.51. The molecule has 1 unspecified atom stereocenters. The number of nitrogens with one attached hydrogen (secondary N) is 1. The summed E-state index contributed by atoms with van der Waals surface area (Å²) in [5, 5.41) is 2.86. The zero-order chi connectivity index (χ0) is 15.0. The maximum Gasteiger partial charge on any atom is 0.403 e. The Morgan fingerprint density at radius 1 is 1.25 bits per heavy atom. The van der Waals surface area contributed by atoms with Gasteiger partial charge in [0.2, 0.25) is 0 Å². The van der Waals surface area contributed by atoms with E-state index >= 15 is 0 Å². The Balaban J connectivity index is 2.28. The van der Waals surface area contributed by atoms with Crippen LogP contribution in [0.25, 0.3) is 0 Å². The summed E-state index contributed by atoms with van der Waals surface area (Å²) in [4.78, 5) is -0.353. The molecule has 1 heterocycles. The van der Waals surface area contributed by atoms with Crippen LogP contribution in [0.15, 0.2) is 23.1 Å². The van der Waals surface area contributed by atoms with Gasteiger partial charge in [-0.05, 0) is 29.7 Å². The van der Waals surface area contributed by atoms with E-state index in [2.05, 4.69) is 5.32 Å². The Bertz CT molecular complexity index is 598. The largest absolute Gasteiger partial charge is 0.403 e. The van der Waals surface area contributed by atoms with Crippen molar-refractivity contribution in [2.24, 2.45) is 0 Å². The third kappa shape index (κ3) is 3.49. The quantitative estimate of drug-likeness (QED) is 0.869. The smallest absolute Gasteiger partial charge is 0.307 e. The first-order valence-electron chi connectivity index (χ1n) is 5.92. The molecule has 0 saturated carbocycles. The van der Waals surface area contributed by atoms with Crippen LogP contribution in [0.5, 0.6) is 0 Å². The highest BCUT2D eigenvalue weighted by Crippen LogP contribution is 2.26. The van der Waals surface area contributed by atoms with Gasteiger partial charge in [-0.25, -0.2) is 12.8 Å². The molecule has 0 spiro atoms. The Morgan fingerprint density at radius 2 is 1.95 bits per heavy atom. The Hall–Kier alpha value is -1.15. The summed E-state index contributed by atoms with van der Waals surface area (Å²) in [6.07, 6.45) is -4.38. The van der Waals surface area contributed by atoms with Crippen LogP contribution in [0, 0.1) is 0 Å². The van der Waals surface area contributed by atoms with Crippen molar-refractivity contribution in [1.82, 2.24) is 5.32 Å². The molecule has 20 heavy (non-hydrogen) atoms. The second kappa shape index (κ2) is 5.33. The van der Waals surface area contributed by atoms with E-state index in [1.54, 1.807) is 0 Å². The van der Waals surface area contributed by atoms with E-state index in [0.29, 0.717) is 12.0 Å². The lowest BCUT2D eigenvalue weighted by molar-refractivity contribution is -0.106. The number of halogens is 4. The minimum atomic E-state index is -4.77. The number of hydrogen-bond donors (Lipinski definition) is 1. The van der Waals surface area contributed by atoms with Gasteiger partial charge in [0.15, 0.2) is 15.6 Å². The first-order chi connectivity index (χ1) is 9.21. The van der Waals surface area contributed by atoms with E-state index in [9.17, 15) is 26.0 Å². The van der Waals surface area contributed by atoms with Gasteiger partial charge in [0.25, 0.3) is 0 Å². The molecule has 1 atom stereocenters. The van der Waals surface area contributed by atoms with Crippen LogP contribution in [0.4, 0.5) is 17.6 Å². The molecule has 1 aliphatic heterocycles. The molecule has 0 aromatic heterocycles. The lowest BCUT2D eigenvalue weighted by Gasteiger charge is -2.24. The van der Waals surface area contributed by atoms with Crippen LogP contribution < -0.4 is 5.32 Å². The van der Waals surface area contributed by atoms with Crippen LogP contribution in [0.2, 0.25) is 0 Å². The number of rotatable bonds is 3. The van der Waals surface area contributed by atoms with Gasteiger partial charge in [0.1, 0.15) is 6.67 Å². The van der Waals surface area contributed by atoms with Crippen molar-refractivity contribution in [1.29, 1.82) is 0 Å². The number of benzene rings is 1. The molecule has 112 valence electrons. The van der Waals surface area contributed by atoms with Crippen LogP contribution >= 0.6 is 0 Å². The second-order valence-corrected chi connectivity index (χ2v) is 6.73. The van der Waals surface area contributed by atoms with Gasteiger partial charge in [-0.2, -0.15) is 13.2 Å². The average molecular weight is 311 g/mol. The SMILES string of the molecule is O=S(=O)(CC(F)(F)F)c1ccc2c(c1)CNC(CF)C2. The van der Waals surface area contributed by atoms with Crippen molar-refractivity contribution in [3.63, 3.8) is 0 Å². The van der Waals surface area contributed by atoms with Crippen molar-refractivity contribution in [2.75, 3.05) is 12.4 Å². The fourth-order valence-corrected chi connectivity index (χ4v) is 3.35. The fourth-order valence-electron chi connectivity index (χ4n) is 2.16. The van der Waals surface area contributed by atoms with Crippen LogP contribution in [0.1, 0.15) is 11.1 Å². The van der Waals surface area contributed by atoms with E-state index in [1.165, 1.54) is 12.1 Å². The molecule has 0 bridgehead atoms. The molecule has 1 N–H and O–H groups in total. The van der Waals surface area contributed by atoms with Crippen molar-refractivity contribution in [3.8, 4) is 0 Å². The molecule has 0 fully saturated rings. The molecule has 0 radical (unpaired) electrons. The van der Waals surface area contributed by atoms with Gasteiger partial charge in [-0.3, -0.25) is 0 Å². The Morgan fingerprint density at radius 3 is 2.55 bits per heavy atom. The van der Waals surface area contributed by atoms with Crippen LogP contribution in [-0.2, 0) is 22.8 Å². The van der Waals surface area contributed by atoms with Crippen LogP contribution in [0.3, 0.4) is 0 Å². The predicted molar refractivity (Wildman–Crippen MR) is 64.9 cm³/mol. The van der Waals surface area contributed by atoms with E-state index < -0.39 is 28.4 Å². The highest BCUT2D eigenvalue weighted by atomic mass is 32.2. The summed E-state index contributed by atoms with van der Waals surface area (Å²) < 4.78 is 72.6. The van der Waals surface area contributed by atoms with Gasteiger partial charge in [0.05, 0.1) is 4.90 Å². The Kier molecular flexibility index (Phi) is 4.06. The van der Waals surface area contributed by atoms with E-state index in [4.69, 9.17) is 0 Å². The third-order valence-electron chi connectivity index (χ3n) is 3.12. The van der Waals surface area contributed by atoms with Crippen LogP contribution in [-0.4, -0.2) is 33.1 Å². The molecular formula is C12H13F4NO2S. The zero-order valence-electron chi connectivity index (χ0n) is 10.4. The molecule has 0 amide bonds. The van der Waals surface area contributed by atoms with Gasteiger partial charge < -0.3 is 5.32 Å². The lowest BCUT2D eigenvalue weighted by Crippen LogP contribution is -2.37. The maximum atomic E-state index is 12.5. The highest BCUT2D eigenvalue weighted by Gasteiger charge is 2.36. The highest BCUT2D eigenvalue weighted by molar-refractivity contribution is 7.91. The van der Waals surface area contributed by atoms with Crippen molar-refractivity contribution in [3.05, 3.63) is 29.3 Å². The van der Waals surface area contributed by atoms with E-state index in [-0.39, 0.29) is 17.5 Å². The molecule has 3 nitrogen and oxygen atoms in total. The molecule has 8 heteroatoms. The predicted octanol–water partition coefficient (Wildman–Crippen LogP) is 2.01. The van der Waals surface area contributed by atoms with Crippen molar-refractivity contribution >= 4 is 9.84 Å². The van der Waals surface area contributed by atoms with Crippen molar-refractivity contribution in [2.45, 2.75) is 30.1 Å². The molecule has 2 rings (SSSR count). The van der Waals surface area contributed by atoms with E-state index in [1.807, 2.05) is 0 Å². The first kappa shape index (κ1) is 15.2. The molecule has 1 aromatic carbocycles. The van der Waals surface area contributed by atoms with Gasteiger partial charge in [-0.15, -0.1) is 0 Å². The maximum absolute atomic E-state index is 12.5. The Labute approximate surface area is 113 Å². The number of alkyl halides is 4. The molecule has 0 aliphatic carbocycles. The van der Waals surface area contributed by atoms with Gasteiger partial charge >= 0.3 is 6.18 Å². The summed E-state index contributed by atoms with van der Waals surface area (Å²) >= 11 is 0. The minimum absolute atomic E-state index is 0.249. The zero-order valence-corrected chi connectivity index (χ0v) is 11.2. The third-order valence-corrected chi connectivity index (χ3v) is 4.80. The number of sulfone groups is 1. The first-order valence-corrected chi connectivity index (χ1v) is 7.57. The van der Waals surface area contributed by atoms with Crippen molar-refractivity contribution < 1.29 is 26.0 Å². The normalized spacial score (nSPS) is 19.7. The average Bonchev–Trinajstić information content (AvgIpc) is 2.34. The molecule has 0 saturated heterocycles. The summed E-state index contributed by atoms with van der Waals surface area (Å²) in [6.45, 7) is -0.299. The summed E-state index contributed by atoms with van der Waals surface area (Å²) in [7, 11) is -4.40. The van der Waals surface area contributed by atoms with E-state index in [0.717, 1.165) is 11.6 Å². The molecular weight excluding hydrogens is 298 g/mol.